The fourth-order valence-corrected chi connectivity index (χ4v) is 5.51. The summed E-state index contributed by atoms with van der Waals surface area (Å²) in [5.74, 6) is 0.846. The van der Waals surface area contributed by atoms with Gasteiger partial charge in [0.05, 0.1) is 12.3 Å². The Kier molecular flexibility index (Phi) is 6.95. The van der Waals surface area contributed by atoms with E-state index in [1.807, 2.05) is 0 Å². The Morgan fingerprint density at radius 3 is 2.45 bits per heavy atom. The van der Waals surface area contributed by atoms with Crippen molar-refractivity contribution in [2.45, 2.75) is 61.9 Å². The Balaban J connectivity index is 1.53. The normalized spacial score (nSPS) is 13.6. The summed E-state index contributed by atoms with van der Waals surface area (Å²) >= 11 is 1.66. The molecule has 0 atom stereocenters. The molecular formula is C26H33N3O2SSi. The highest BCUT2D eigenvalue weighted by Crippen LogP contribution is 2.46. The van der Waals surface area contributed by atoms with Gasteiger partial charge in [0.2, 0.25) is 0 Å². The smallest absolute Gasteiger partial charge is 0.192 e. The number of rotatable bonds is 7. The molecule has 0 N–H and O–H groups in total. The Bertz CT molecular complexity index is 1130. The average molecular weight is 480 g/mol. The second kappa shape index (κ2) is 9.58. The highest BCUT2D eigenvalue weighted by atomic mass is 32.2. The first-order valence-corrected chi connectivity index (χ1v) is 15.0. The van der Waals surface area contributed by atoms with Crippen molar-refractivity contribution < 1.29 is 9.16 Å². The predicted octanol–water partition coefficient (Wildman–Crippen LogP) is 6.80. The highest BCUT2D eigenvalue weighted by Gasteiger charge is 2.37. The summed E-state index contributed by atoms with van der Waals surface area (Å²) in [5, 5.41) is 1.12. The monoisotopic (exact) mass is 479 g/mol. The van der Waals surface area contributed by atoms with Gasteiger partial charge in [0.1, 0.15) is 11.8 Å². The quantitative estimate of drug-likeness (QED) is 0.348. The van der Waals surface area contributed by atoms with Crippen LogP contribution in [0.15, 0.2) is 64.8 Å². The molecule has 4 rings (SSSR count). The van der Waals surface area contributed by atoms with Crippen LogP contribution < -0.4 is 4.90 Å². The lowest BCUT2D eigenvalue weighted by Gasteiger charge is -2.36. The van der Waals surface area contributed by atoms with Gasteiger partial charge in [-0.1, -0.05) is 62.9 Å². The molecule has 33 heavy (non-hydrogen) atoms. The lowest BCUT2D eigenvalue weighted by Crippen LogP contribution is -2.40. The van der Waals surface area contributed by atoms with Gasteiger partial charge in [-0.15, -0.1) is 0 Å². The van der Waals surface area contributed by atoms with E-state index in [4.69, 9.17) is 9.16 Å². The van der Waals surface area contributed by atoms with Crippen molar-refractivity contribution in [3.63, 3.8) is 0 Å². The molecule has 2 aromatic carbocycles. The summed E-state index contributed by atoms with van der Waals surface area (Å²) in [6.45, 7) is 12.5. The van der Waals surface area contributed by atoms with Gasteiger partial charge in [0.25, 0.3) is 0 Å². The van der Waals surface area contributed by atoms with Crippen LogP contribution >= 0.6 is 11.8 Å². The molecule has 0 aliphatic carbocycles. The molecule has 0 radical (unpaired) electrons. The van der Waals surface area contributed by atoms with Crippen LogP contribution in [-0.4, -0.2) is 32.1 Å². The van der Waals surface area contributed by atoms with Gasteiger partial charge in [0, 0.05) is 24.4 Å². The molecule has 0 spiro atoms. The number of aromatic nitrogens is 2. The highest BCUT2D eigenvalue weighted by molar-refractivity contribution is 7.99. The van der Waals surface area contributed by atoms with Crippen LogP contribution in [-0.2, 0) is 22.2 Å². The van der Waals surface area contributed by atoms with Crippen LogP contribution in [0.2, 0.25) is 18.1 Å². The van der Waals surface area contributed by atoms with Gasteiger partial charge in [-0.05, 0) is 53.4 Å². The van der Waals surface area contributed by atoms with Gasteiger partial charge in [-0.25, -0.2) is 9.97 Å². The maximum absolute atomic E-state index is 6.44. The first kappa shape index (κ1) is 23.9. The predicted molar refractivity (Wildman–Crippen MR) is 138 cm³/mol. The van der Waals surface area contributed by atoms with Crippen molar-refractivity contribution in [1.82, 2.24) is 9.97 Å². The van der Waals surface area contributed by atoms with Crippen LogP contribution in [0.5, 0.6) is 0 Å². The molecule has 0 amide bonds. The number of benzene rings is 2. The topological polar surface area (TPSA) is 47.5 Å². The Morgan fingerprint density at radius 1 is 0.970 bits per heavy atom. The zero-order chi connectivity index (χ0) is 23.6. The van der Waals surface area contributed by atoms with Crippen LogP contribution in [0, 0.1) is 0 Å². The Labute approximate surface area is 202 Å². The molecule has 1 aromatic heterocycles. The van der Waals surface area contributed by atoms with Crippen LogP contribution in [0.3, 0.4) is 0 Å². The summed E-state index contributed by atoms with van der Waals surface area (Å²) in [6, 6.07) is 15.4. The molecule has 5 nitrogen and oxygen atoms in total. The SMILES string of the molecule is COCN1c2cc(Cc3cccc(CO[Si](C)(C)C(C)(C)C)c3)ccc2Sc2nccnc21. The maximum Gasteiger partial charge on any atom is 0.192 e. The average Bonchev–Trinajstić information content (AvgIpc) is 2.77. The zero-order valence-electron chi connectivity index (χ0n) is 20.4. The summed E-state index contributed by atoms with van der Waals surface area (Å²) in [5.41, 5.74) is 4.89. The summed E-state index contributed by atoms with van der Waals surface area (Å²) < 4.78 is 11.9. The Hall–Kier alpha value is -2.19. The summed E-state index contributed by atoms with van der Waals surface area (Å²) in [7, 11) is -0.0640. The van der Waals surface area contributed by atoms with E-state index in [2.05, 4.69) is 91.2 Å². The fourth-order valence-electron chi connectivity index (χ4n) is 3.57. The first-order chi connectivity index (χ1) is 15.7. The largest absolute Gasteiger partial charge is 0.413 e. The number of ether oxygens (including phenoxy) is 1. The first-order valence-electron chi connectivity index (χ1n) is 11.3. The van der Waals surface area contributed by atoms with Crippen molar-refractivity contribution in [1.29, 1.82) is 0 Å². The lowest BCUT2D eigenvalue weighted by molar-refractivity contribution is 0.204. The third-order valence-corrected chi connectivity index (χ3v) is 12.0. The minimum atomic E-state index is -1.77. The molecule has 1 aliphatic rings. The summed E-state index contributed by atoms with van der Waals surface area (Å²) in [4.78, 5) is 12.3. The molecule has 3 aromatic rings. The molecule has 174 valence electrons. The second-order valence-corrected chi connectivity index (χ2v) is 15.8. The van der Waals surface area contributed by atoms with Crippen LogP contribution in [0.1, 0.15) is 37.5 Å². The van der Waals surface area contributed by atoms with E-state index in [1.54, 1.807) is 31.3 Å². The lowest BCUT2D eigenvalue weighted by atomic mass is 10.0. The van der Waals surface area contributed by atoms with Gasteiger partial charge >= 0.3 is 0 Å². The number of nitrogens with zero attached hydrogens (tertiary/aromatic N) is 3. The molecular weight excluding hydrogens is 446 g/mol. The molecule has 1 aliphatic heterocycles. The van der Waals surface area contributed by atoms with E-state index >= 15 is 0 Å². The molecule has 0 bridgehead atoms. The number of hydrogen-bond donors (Lipinski definition) is 0. The van der Waals surface area contributed by atoms with Crippen molar-refractivity contribution >= 4 is 31.6 Å². The minimum Gasteiger partial charge on any atom is -0.413 e. The number of anilines is 2. The van der Waals surface area contributed by atoms with Crippen LogP contribution in [0.4, 0.5) is 11.5 Å². The van der Waals surface area contributed by atoms with Crippen molar-refractivity contribution in [2.75, 3.05) is 18.7 Å². The standard InChI is InChI=1S/C26H33N3O2SSi/c1-26(2,3)33(5,6)31-17-21-9-7-8-19(15-21)14-20-10-11-23-22(16-20)29(18-30-4)24-25(32-23)28-13-12-27-24/h7-13,15-16H,14,17-18H2,1-6H3. The van der Waals surface area contributed by atoms with E-state index in [9.17, 15) is 0 Å². The van der Waals surface area contributed by atoms with E-state index in [0.717, 1.165) is 23.0 Å². The second-order valence-electron chi connectivity index (χ2n) is 9.98. The zero-order valence-corrected chi connectivity index (χ0v) is 22.2. The van der Waals surface area contributed by atoms with Gasteiger partial charge in [-0.2, -0.15) is 0 Å². The Morgan fingerprint density at radius 2 is 1.70 bits per heavy atom. The summed E-state index contributed by atoms with van der Waals surface area (Å²) in [6.07, 6.45) is 4.33. The van der Waals surface area contributed by atoms with Crippen molar-refractivity contribution in [3.8, 4) is 0 Å². The van der Waals surface area contributed by atoms with Crippen LogP contribution in [0.25, 0.3) is 0 Å². The fraction of sp³-hybridized carbons (Fsp3) is 0.385. The molecule has 2 heterocycles. The van der Waals surface area contributed by atoms with E-state index in [0.29, 0.717) is 13.3 Å². The van der Waals surface area contributed by atoms with E-state index < -0.39 is 8.32 Å². The van der Waals surface area contributed by atoms with E-state index in [-0.39, 0.29) is 5.04 Å². The number of fused-ring (bicyclic) bond motifs is 2. The van der Waals surface area contributed by atoms with Crippen molar-refractivity contribution in [3.05, 3.63) is 71.5 Å². The molecule has 0 fully saturated rings. The maximum atomic E-state index is 6.44. The third-order valence-electron chi connectivity index (χ3n) is 6.49. The minimum absolute atomic E-state index is 0.211. The van der Waals surface area contributed by atoms with Gasteiger partial charge < -0.3 is 9.16 Å². The molecule has 0 unspecified atom stereocenters. The number of hydrogen-bond acceptors (Lipinski definition) is 6. The molecule has 0 saturated heterocycles. The van der Waals surface area contributed by atoms with Crippen molar-refractivity contribution in [2.24, 2.45) is 0 Å². The molecule has 7 heteroatoms. The number of methoxy groups -OCH3 is 1. The molecule has 0 saturated carbocycles. The van der Waals surface area contributed by atoms with Gasteiger partial charge in [-0.3, -0.25) is 4.90 Å². The third kappa shape index (κ3) is 5.32. The van der Waals surface area contributed by atoms with E-state index in [1.165, 1.54) is 21.6 Å². The van der Waals surface area contributed by atoms with Gasteiger partial charge in [0.15, 0.2) is 14.1 Å².